The second-order valence-electron chi connectivity index (χ2n) is 6.76. The van der Waals surface area contributed by atoms with E-state index in [1.165, 1.54) is 6.07 Å². The lowest BCUT2D eigenvalue weighted by molar-refractivity contribution is -0.117. The third-order valence-electron chi connectivity index (χ3n) is 4.89. The highest BCUT2D eigenvalue weighted by molar-refractivity contribution is 7.85. The highest BCUT2D eigenvalue weighted by atomic mass is 32.2. The normalized spacial score (nSPS) is 20.9. The highest BCUT2D eigenvalue weighted by Gasteiger charge is 2.32. The van der Waals surface area contributed by atoms with Crippen LogP contribution in [0.3, 0.4) is 0 Å². The summed E-state index contributed by atoms with van der Waals surface area (Å²) in [6, 6.07) is 6.37. The van der Waals surface area contributed by atoms with Crippen molar-refractivity contribution in [1.82, 2.24) is 10.0 Å². The fourth-order valence-corrected chi connectivity index (χ4v) is 4.38. The molecule has 1 atom stereocenters. The Morgan fingerprint density at radius 3 is 2.78 bits per heavy atom. The first kappa shape index (κ1) is 18.0. The molecule has 9 heteroatoms. The zero-order valence-corrected chi connectivity index (χ0v) is 15.4. The van der Waals surface area contributed by atoms with Gasteiger partial charge in [-0.1, -0.05) is 6.07 Å². The maximum atomic E-state index is 15.1. The summed E-state index contributed by atoms with van der Waals surface area (Å²) in [7, 11) is 0. The monoisotopic (exact) mass is 393 g/mol. The van der Waals surface area contributed by atoms with E-state index in [2.05, 4.69) is 10.0 Å². The van der Waals surface area contributed by atoms with Gasteiger partial charge in [-0.15, -0.1) is 0 Å². The lowest BCUT2D eigenvalue weighted by Crippen LogP contribution is -2.30. The molecule has 2 saturated heterocycles. The Bertz CT molecular complexity index is 917. The van der Waals surface area contributed by atoms with Crippen LogP contribution in [0.25, 0.3) is 10.8 Å². The second-order valence-corrected chi connectivity index (χ2v) is 7.90. The number of nitrogens with one attached hydrogen (secondary N) is 2. The lowest BCUT2D eigenvalue weighted by Gasteiger charge is -2.23. The van der Waals surface area contributed by atoms with E-state index in [9.17, 15) is 14.1 Å². The van der Waals surface area contributed by atoms with Gasteiger partial charge in [-0.3, -0.25) is 13.8 Å². The summed E-state index contributed by atoms with van der Waals surface area (Å²) in [6.45, 7) is 2.23. The molecule has 7 nitrogen and oxygen atoms in total. The van der Waals surface area contributed by atoms with Crippen LogP contribution in [0, 0.1) is 11.7 Å². The van der Waals surface area contributed by atoms with E-state index in [-0.39, 0.29) is 23.4 Å². The minimum atomic E-state index is -1.92. The number of carbonyl (C=O) groups excluding carboxylic acids is 1. The van der Waals surface area contributed by atoms with Crippen LogP contribution in [0.1, 0.15) is 12.8 Å². The number of nitrogens with zero attached hydrogens (tertiary/aromatic N) is 1. The molecule has 2 aliphatic rings. The van der Waals surface area contributed by atoms with Crippen LogP contribution in [-0.4, -0.2) is 41.5 Å². The van der Waals surface area contributed by atoms with Gasteiger partial charge in [0.15, 0.2) is 5.82 Å². The van der Waals surface area contributed by atoms with Crippen molar-refractivity contribution >= 4 is 33.5 Å². The first-order valence-corrected chi connectivity index (χ1v) is 9.91. The number of halogens is 1. The molecule has 0 aromatic heterocycles. The number of anilines is 1. The van der Waals surface area contributed by atoms with E-state index in [1.807, 2.05) is 0 Å². The predicted octanol–water partition coefficient (Wildman–Crippen LogP) is 1.58. The Hall–Kier alpha value is -2.39. The summed E-state index contributed by atoms with van der Waals surface area (Å²) in [5.74, 6) is -0.596. The molecule has 0 bridgehead atoms. The van der Waals surface area contributed by atoms with Crippen molar-refractivity contribution in [3.8, 4) is 11.5 Å². The van der Waals surface area contributed by atoms with Crippen molar-refractivity contribution in [1.29, 1.82) is 0 Å². The maximum Gasteiger partial charge on any atom is 0.253 e. The Morgan fingerprint density at radius 2 is 2.07 bits per heavy atom. The number of carbonyl (C=O) groups is 1. The number of amides is 1. The number of hydrogen-bond donors (Lipinski definition) is 3. The molecule has 2 aromatic carbocycles. The molecule has 2 fully saturated rings. The van der Waals surface area contributed by atoms with Crippen molar-refractivity contribution in [2.75, 3.05) is 30.5 Å². The fraction of sp³-hybridized carbons (Fsp3) is 0.389. The van der Waals surface area contributed by atoms with E-state index in [0.717, 1.165) is 30.2 Å². The van der Waals surface area contributed by atoms with Crippen LogP contribution in [0.5, 0.6) is 11.5 Å². The molecule has 0 saturated carbocycles. The fourth-order valence-electron chi connectivity index (χ4n) is 3.43. The van der Waals surface area contributed by atoms with E-state index in [1.54, 1.807) is 18.2 Å². The highest BCUT2D eigenvalue weighted by Crippen LogP contribution is 2.38. The van der Waals surface area contributed by atoms with Gasteiger partial charge in [0, 0.05) is 5.39 Å². The summed E-state index contributed by atoms with van der Waals surface area (Å²) in [5.41, 5.74) is -0.255. The van der Waals surface area contributed by atoms with Crippen LogP contribution in [0.4, 0.5) is 10.1 Å². The van der Waals surface area contributed by atoms with Gasteiger partial charge in [-0.2, -0.15) is 0 Å². The number of fused-ring (bicyclic) bond motifs is 1. The van der Waals surface area contributed by atoms with Gasteiger partial charge in [0.2, 0.25) is 11.2 Å². The number of phenolic OH excluding ortho intramolecular Hbond substituents is 1. The molecular formula is C18H20FN3O4S. The standard InChI is InChI=1S/C18H20FN3O4S/c19-17-14-8-13(26-10-11-3-5-20-6-4-11)2-1-12(14)7-15(23)18(17)22-9-16(24)21-27(22)25/h1-2,7-8,11,20,23H,3-6,9-10H2,(H,21,24). The molecule has 0 radical (unpaired) electrons. The summed E-state index contributed by atoms with van der Waals surface area (Å²) in [6.07, 6.45) is 2.09. The molecular weight excluding hydrogens is 373 g/mol. The summed E-state index contributed by atoms with van der Waals surface area (Å²) in [5, 5.41) is 14.2. The number of rotatable bonds is 4. The predicted molar refractivity (Wildman–Crippen MR) is 100 cm³/mol. The van der Waals surface area contributed by atoms with E-state index in [4.69, 9.17) is 4.74 Å². The van der Waals surface area contributed by atoms with Gasteiger partial charge in [0.05, 0.1) is 6.61 Å². The first-order chi connectivity index (χ1) is 13.0. The molecule has 0 spiro atoms. The molecule has 144 valence electrons. The van der Waals surface area contributed by atoms with Crippen LogP contribution in [0.15, 0.2) is 24.3 Å². The molecule has 1 unspecified atom stereocenters. The van der Waals surface area contributed by atoms with Crippen LogP contribution in [0.2, 0.25) is 0 Å². The average molecular weight is 393 g/mol. The number of ether oxygens (including phenoxy) is 1. The van der Waals surface area contributed by atoms with Crippen molar-refractivity contribution in [3.05, 3.63) is 30.1 Å². The number of phenols is 1. The van der Waals surface area contributed by atoms with E-state index in [0.29, 0.717) is 23.7 Å². The Morgan fingerprint density at radius 1 is 1.30 bits per heavy atom. The van der Waals surface area contributed by atoms with Crippen LogP contribution in [-0.2, 0) is 16.0 Å². The summed E-state index contributed by atoms with van der Waals surface area (Å²) < 4.78 is 36.1. The van der Waals surface area contributed by atoms with Crippen molar-refractivity contribution in [2.45, 2.75) is 12.8 Å². The van der Waals surface area contributed by atoms with Crippen molar-refractivity contribution < 1.29 is 23.2 Å². The SMILES string of the molecule is O=C1CN(c2c(O)cc3ccc(OCC4CCNCC4)cc3c2F)S(=O)N1. The quantitative estimate of drug-likeness (QED) is 0.734. The zero-order chi connectivity index (χ0) is 19.0. The van der Waals surface area contributed by atoms with E-state index >= 15 is 4.39 Å². The van der Waals surface area contributed by atoms with Crippen LogP contribution >= 0.6 is 0 Å². The lowest BCUT2D eigenvalue weighted by atomic mass is 9.99. The van der Waals surface area contributed by atoms with Gasteiger partial charge in [-0.25, -0.2) is 8.60 Å². The minimum absolute atomic E-state index is 0.238. The van der Waals surface area contributed by atoms with Crippen molar-refractivity contribution in [3.63, 3.8) is 0 Å². The van der Waals surface area contributed by atoms with Gasteiger partial charge < -0.3 is 15.2 Å². The molecule has 0 aliphatic carbocycles. The van der Waals surface area contributed by atoms with Gasteiger partial charge in [-0.05, 0) is 55.4 Å². The zero-order valence-electron chi connectivity index (χ0n) is 14.5. The summed E-state index contributed by atoms with van der Waals surface area (Å²) >= 11 is -1.92. The molecule has 2 aliphatic heterocycles. The Balaban J connectivity index is 1.63. The van der Waals surface area contributed by atoms with Crippen LogP contribution < -0.4 is 19.1 Å². The molecule has 2 heterocycles. The van der Waals surface area contributed by atoms with Crippen molar-refractivity contribution in [2.24, 2.45) is 5.92 Å². The molecule has 3 N–H and O–H groups in total. The molecule has 2 aromatic rings. The minimum Gasteiger partial charge on any atom is -0.506 e. The third kappa shape index (κ3) is 3.57. The molecule has 4 rings (SSSR count). The smallest absolute Gasteiger partial charge is 0.253 e. The average Bonchev–Trinajstić information content (AvgIpc) is 2.99. The van der Waals surface area contributed by atoms with Gasteiger partial charge >= 0.3 is 0 Å². The second kappa shape index (κ2) is 7.32. The number of benzene rings is 2. The third-order valence-corrected chi connectivity index (χ3v) is 6.00. The number of aromatic hydroxyl groups is 1. The largest absolute Gasteiger partial charge is 0.506 e. The van der Waals surface area contributed by atoms with Gasteiger partial charge in [0.25, 0.3) is 5.91 Å². The topological polar surface area (TPSA) is 90.9 Å². The maximum absolute atomic E-state index is 15.1. The first-order valence-electron chi connectivity index (χ1n) is 8.80. The number of piperidine rings is 1. The molecule has 27 heavy (non-hydrogen) atoms. The van der Waals surface area contributed by atoms with E-state index < -0.39 is 22.9 Å². The number of hydrogen-bond acceptors (Lipinski definition) is 5. The Labute approximate surface area is 158 Å². The molecule has 1 amide bonds. The Kier molecular flexibility index (Phi) is 4.88. The summed E-state index contributed by atoms with van der Waals surface area (Å²) in [4.78, 5) is 11.4. The van der Waals surface area contributed by atoms with Gasteiger partial charge in [0.1, 0.15) is 23.7 Å².